The number of carbonyl (C=O) groups excluding carboxylic acids is 3. The zero-order valence-electron chi connectivity index (χ0n) is 20.2. The van der Waals surface area contributed by atoms with Crippen molar-refractivity contribution in [2.45, 2.75) is 38.5 Å². The number of nitrogens with one attached hydrogen (secondary N) is 2. The SMILES string of the molecule is COC(=O)[C@@H](Cc1cccc(OCc2ccccc2)c1)NC(=O)[C@H](Cc1cccc(F)c1)NC(C)=O. The van der Waals surface area contributed by atoms with Gasteiger partial charge in [-0.2, -0.15) is 0 Å². The van der Waals surface area contributed by atoms with Crippen LogP contribution in [-0.2, 0) is 38.6 Å². The maximum Gasteiger partial charge on any atom is 0.328 e. The molecular formula is C28H29FN2O5. The highest BCUT2D eigenvalue weighted by Gasteiger charge is 2.27. The van der Waals surface area contributed by atoms with Crippen molar-refractivity contribution in [1.29, 1.82) is 0 Å². The van der Waals surface area contributed by atoms with Crippen molar-refractivity contribution in [2.24, 2.45) is 0 Å². The second-order valence-corrected chi connectivity index (χ2v) is 8.30. The van der Waals surface area contributed by atoms with Gasteiger partial charge in [-0.05, 0) is 41.0 Å². The number of halogens is 1. The monoisotopic (exact) mass is 492 g/mol. The first-order chi connectivity index (χ1) is 17.3. The molecule has 0 bridgehead atoms. The van der Waals surface area contributed by atoms with E-state index in [2.05, 4.69) is 10.6 Å². The lowest BCUT2D eigenvalue weighted by Crippen LogP contribution is -2.53. The molecule has 0 saturated heterocycles. The molecule has 0 saturated carbocycles. The molecule has 2 amide bonds. The molecule has 0 spiro atoms. The smallest absolute Gasteiger partial charge is 0.328 e. The van der Waals surface area contributed by atoms with E-state index in [1.54, 1.807) is 18.2 Å². The predicted octanol–water partition coefficient (Wildman–Crippen LogP) is 3.35. The fourth-order valence-electron chi connectivity index (χ4n) is 3.70. The van der Waals surface area contributed by atoms with Crippen LogP contribution < -0.4 is 15.4 Å². The Labute approximate surface area is 209 Å². The molecule has 0 unspecified atom stereocenters. The fraction of sp³-hybridized carbons (Fsp3) is 0.250. The Balaban J connectivity index is 1.70. The summed E-state index contributed by atoms with van der Waals surface area (Å²) in [5.74, 6) is -1.47. The van der Waals surface area contributed by atoms with E-state index >= 15 is 0 Å². The van der Waals surface area contributed by atoms with Crippen LogP contribution in [0.3, 0.4) is 0 Å². The van der Waals surface area contributed by atoms with Gasteiger partial charge in [0, 0.05) is 19.8 Å². The summed E-state index contributed by atoms with van der Waals surface area (Å²) in [6, 6.07) is 20.7. The quantitative estimate of drug-likeness (QED) is 0.401. The maximum absolute atomic E-state index is 13.6. The number of rotatable bonds is 11. The molecule has 2 N–H and O–H groups in total. The molecule has 7 nitrogen and oxygen atoms in total. The number of hydrogen-bond acceptors (Lipinski definition) is 5. The Hall–Kier alpha value is -4.20. The first kappa shape index (κ1) is 26.4. The van der Waals surface area contributed by atoms with Gasteiger partial charge in [0.1, 0.15) is 30.3 Å². The minimum atomic E-state index is -1.00. The third-order valence-corrected chi connectivity index (χ3v) is 5.41. The van der Waals surface area contributed by atoms with Gasteiger partial charge in [-0.25, -0.2) is 9.18 Å². The summed E-state index contributed by atoms with van der Waals surface area (Å²) in [5, 5.41) is 5.24. The highest BCUT2D eigenvalue weighted by molar-refractivity contribution is 5.90. The normalized spacial score (nSPS) is 12.2. The Kier molecular flexibility index (Phi) is 9.56. The average molecular weight is 493 g/mol. The summed E-state index contributed by atoms with van der Waals surface area (Å²) in [6.07, 6.45) is 0.202. The molecule has 0 aliphatic rings. The third-order valence-electron chi connectivity index (χ3n) is 5.41. The van der Waals surface area contributed by atoms with Gasteiger partial charge < -0.3 is 20.1 Å². The zero-order chi connectivity index (χ0) is 25.9. The van der Waals surface area contributed by atoms with Gasteiger partial charge in [0.15, 0.2) is 0 Å². The van der Waals surface area contributed by atoms with Crippen LogP contribution >= 0.6 is 0 Å². The molecule has 3 aromatic rings. The van der Waals surface area contributed by atoms with Crippen LogP contribution in [0.1, 0.15) is 23.6 Å². The summed E-state index contributed by atoms with van der Waals surface area (Å²) in [7, 11) is 1.24. The molecule has 0 fully saturated rings. The average Bonchev–Trinajstić information content (AvgIpc) is 2.87. The van der Waals surface area contributed by atoms with Crippen LogP contribution in [0.2, 0.25) is 0 Å². The first-order valence-electron chi connectivity index (χ1n) is 11.5. The highest BCUT2D eigenvalue weighted by Crippen LogP contribution is 2.17. The van der Waals surface area contributed by atoms with Crippen LogP contribution in [0.25, 0.3) is 0 Å². The lowest BCUT2D eigenvalue weighted by molar-refractivity contribution is -0.145. The van der Waals surface area contributed by atoms with E-state index < -0.39 is 35.7 Å². The van der Waals surface area contributed by atoms with Crippen molar-refractivity contribution in [3.8, 4) is 5.75 Å². The van der Waals surface area contributed by atoms with Crippen molar-refractivity contribution in [1.82, 2.24) is 10.6 Å². The number of amides is 2. The maximum atomic E-state index is 13.6. The van der Waals surface area contributed by atoms with Crippen molar-refractivity contribution in [3.63, 3.8) is 0 Å². The number of hydrogen-bond donors (Lipinski definition) is 2. The van der Waals surface area contributed by atoms with Gasteiger partial charge in [0.2, 0.25) is 11.8 Å². The van der Waals surface area contributed by atoms with Crippen LogP contribution in [-0.4, -0.2) is 37.0 Å². The molecule has 8 heteroatoms. The largest absolute Gasteiger partial charge is 0.489 e. The minimum Gasteiger partial charge on any atom is -0.489 e. The number of benzene rings is 3. The predicted molar refractivity (Wildman–Crippen MR) is 133 cm³/mol. The molecule has 0 aliphatic carbocycles. The molecule has 3 rings (SSSR count). The lowest BCUT2D eigenvalue weighted by Gasteiger charge is -2.22. The highest BCUT2D eigenvalue weighted by atomic mass is 19.1. The van der Waals surface area contributed by atoms with Gasteiger partial charge in [-0.3, -0.25) is 9.59 Å². The van der Waals surface area contributed by atoms with E-state index in [1.165, 1.54) is 32.2 Å². The molecule has 188 valence electrons. The van der Waals surface area contributed by atoms with Crippen molar-refractivity contribution < 1.29 is 28.2 Å². The third kappa shape index (κ3) is 8.23. The van der Waals surface area contributed by atoms with E-state index in [0.29, 0.717) is 17.9 Å². The molecule has 0 aliphatic heterocycles. The Bertz CT molecular complexity index is 1190. The van der Waals surface area contributed by atoms with E-state index in [-0.39, 0.29) is 12.8 Å². The van der Waals surface area contributed by atoms with E-state index in [0.717, 1.165) is 11.1 Å². The summed E-state index contributed by atoms with van der Waals surface area (Å²) in [5.41, 5.74) is 2.30. The van der Waals surface area contributed by atoms with Gasteiger partial charge in [0.25, 0.3) is 0 Å². The van der Waals surface area contributed by atoms with E-state index in [9.17, 15) is 18.8 Å². The standard InChI is InChI=1S/C28H29FN2O5/c1-19(32)30-25(16-21-10-6-12-23(29)14-21)27(33)31-26(28(34)35-2)17-22-11-7-13-24(15-22)36-18-20-8-4-3-5-9-20/h3-15,25-26H,16-18H2,1-2H3,(H,30,32)(H,31,33)/t25-,26+/m0/s1. The van der Waals surface area contributed by atoms with Crippen LogP contribution in [0.15, 0.2) is 78.9 Å². The van der Waals surface area contributed by atoms with Crippen LogP contribution in [0.4, 0.5) is 4.39 Å². The molecule has 36 heavy (non-hydrogen) atoms. The molecule has 0 aromatic heterocycles. The topological polar surface area (TPSA) is 93.7 Å². The first-order valence-corrected chi connectivity index (χ1v) is 11.5. The van der Waals surface area contributed by atoms with Crippen molar-refractivity contribution >= 4 is 17.8 Å². The van der Waals surface area contributed by atoms with Crippen molar-refractivity contribution in [3.05, 3.63) is 101 Å². The van der Waals surface area contributed by atoms with E-state index in [1.807, 2.05) is 42.5 Å². The summed E-state index contributed by atoms with van der Waals surface area (Å²) < 4.78 is 24.4. The lowest BCUT2D eigenvalue weighted by atomic mass is 10.0. The second-order valence-electron chi connectivity index (χ2n) is 8.30. The number of methoxy groups -OCH3 is 1. The van der Waals surface area contributed by atoms with Gasteiger partial charge in [0.05, 0.1) is 7.11 Å². The Morgan fingerprint density at radius 3 is 2.11 bits per heavy atom. The molecule has 3 aromatic carbocycles. The second kappa shape index (κ2) is 13.0. The van der Waals surface area contributed by atoms with Crippen LogP contribution in [0, 0.1) is 5.82 Å². The molecule has 0 heterocycles. The molecular weight excluding hydrogens is 463 g/mol. The summed E-state index contributed by atoms with van der Waals surface area (Å²) >= 11 is 0. The molecule has 0 radical (unpaired) electrons. The summed E-state index contributed by atoms with van der Waals surface area (Å²) in [4.78, 5) is 37.3. The minimum absolute atomic E-state index is 0.0554. The Morgan fingerprint density at radius 2 is 1.44 bits per heavy atom. The number of carbonyl (C=O) groups is 3. The molecule has 2 atom stereocenters. The van der Waals surface area contributed by atoms with Crippen molar-refractivity contribution in [2.75, 3.05) is 7.11 Å². The zero-order valence-corrected chi connectivity index (χ0v) is 20.2. The van der Waals surface area contributed by atoms with E-state index in [4.69, 9.17) is 9.47 Å². The van der Waals surface area contributed by atoms with Gasteiger partial charge >= 0.3 is 5.97 Å². The fourth-order valence-corrected chi connectivity index (χ4v) is 3.70. The number of ether oxygens (including phenoxy) is 2. The number of esters is 1. The van der Waals surface area contributed by atoms with Crippen LogP contribution in [0.5, 0.6) is 5.75 Å². The summed E-state index contributed by atoms with van der Waals surface area (Å²) in [6.45, 7) is 1.67. The van der Waals surface area contributed by atoms with Gasteiger partial charge in [-0.1, -0.05) is 54.6 Å². The van der Waals surface area contributed by atoms with Gasteiger partial charge in [-0.15, -0.1) is 0 Å². The Morgan fingerprint density at radius 1 is 0.806 bits per heavy atom.